The number of guanidine groups is 1. The van der Waals surface area contributed by atoms with E-state index in [0.717, 1.165) is 5.56 Å². The number of rotatable bonds is 5. The van der Waals surface area contributed by atoms with Crippen molar-refractivity contribution in [1.29, 1.82) is 0 Å². The molecule has 2 rings (SSSR count). The van der Waals surface area contributed by atoms with Crippen LogP contribution in [0.15, 0.2) is 34.2 Å². The van der Waals surface area contributed by atoms with Crippen LogP contribution in [0, 0.1) is 0 Å². The Morgan fingerprint density at radius 2 is 1.89 bits per heavy atom. The molecule has 1 fully saturated rings. The lowest BCUT2D eigenvalue weighted by atomic mass is 10.1. The van der Waals surface area contributed by atoms with Gasteiger partial charge in [0.15, 0.2) is 5.96 Å². The molecule has 1 amide bonds. The van der Waals surface area contributed by atoms with Gasteiger partial charge >= 0.3 is 6.09 Å². The summed E-state index contributed by atoms with van der Waals surface area (Å²) in [6.07, 6.45) is -0.317. The summed E-state index contributed by atoms with van der Waals surface area (Å²) in [5.74, 6) is 0.631. The zero-order valence-corrected chi connectivity index (χ0v) is 17.5. The molecule has 1 aromatic carbocycles. The van der Waals surface area contributed by atoms with Crippen molar-refractivity contribution >= 4 is 22.1 Å². The largest absolute Gasteiger partial charge is 0.444 e. The molecule has 1 aliphatic heterocycles. The van der Waals surface area contributed by atoms with E-state index in [2.05, 4.69) is 15.6 Å². The number of aliphatic imine (C=N–C) groups is 1. The maximum Gasteiger partial charge on any atom is 0.410 e. The number of ether oxygens (including phenoxy) is 1. The second kappa shape index (κ2) is 8.78. The summed E-state index contributed by atoms with van der Waals surface area (Å²) in [6.45, 7) is 9.64. The molecule has 1 aliphatic rings. The van der Waals surface area contributed by atoms with Gasteiger partial charge in [0, 0.05) is 19.6 Å². The fourth-order valence-electron chi connectivity index (χ4n) is 2.51. The Kier molecular flexibility index (Phi) is 6.89. The van der Waals surface area contributed by atoms with Gasteiger partial charge in [-0.2, -0.15) is 0 Å². The van der Waals surface area contributed by atoms with Crippen LogP contribution in [0.1, 0.15) is 33.3 Å². The summed E-state index contributed by atoms with van der Waals surface area (Å²) in [7, 11) is -3.70. The van der Waals surface area contributed by atoms with Crippen LogP contribution in [0.25, 0.3) is 0 Å². The highest BCUT2D eigenvalue weighted by atomic mass is 32.2. The summed E-state index contributed by atoms with van der Waals surface area (Å²) in [5.41, 5.74) is 0.346. The van der Waals surface area contributed by atoms with Gasteiger partial charge in [-0.25, -0.2) is 23.3 Å². The van der Waals surface area contributed by atoms with Crippen molar-refractivity contribution in [3.8, 4) is 0 Å². The maximum atomic E-state index is 12.0. The highest BCUT2D eigenvalue weighted by Gasteiger charge is 2.34. The molecular weight excluding hydrogens is 382 g/mol. The lowest BCUT2D eigenvalue weighted by molar-refractivity contribution is 0.00700. The number of carbonyl (C=O) groups is 1. The van der Waals surface area contributed by atoms with Crippen molar-refractivity contribution in [2.24, 2.45) is 10.1 Å². The van der Waals surface area contributed by atoms with E-state index in [9.17, 15) is 13.2 Å². The average molecular weight is 412 g/mol. The zero-order chi connectivity index (χ0) is 20.9. The van der Waals surface area contributed by atoms with Gasteiger partial charge in [-0.3, -0.25) is 0 Å². The van der Waals surface area contributed by atoms with Crippen LogP contribution in [0.4, 0.5) is 4.79 Å². The van der Waals surface area contributed by atoms with Crippen molar-refractivity contribution in [3.05, 3.63) is 29.8 Å². The fourth-order valence-corrected chi connectivity index (χ4v) is 3.03. The Balaban J connectivity index is 1.89. The minimum atomic E-state index is -3.70. The number of hydrogen-bond acceptors (Lipinski definition) is 5. The molecule has 156 valence electrons. The zero-order valence-electron chi connectivity index (χ0n) is 16.7. The van der Waals surface area contributed by atoms with Gasteiger partial charge in [-0.1, -0.05) is 12.1 Å². The molecule has 9 nitrogen and oxygen atoms in total. The summed E-state index contributed by atoms with van der Waals surface area (Å²) < 4.78 is 27.9. The van der Waals surface area contributed by atoms with E-state index in [4.69, 9.17) is 9.88 Å². The Morgan fingerprint density at radius 3 is 2.39 bits per heavy atom. The first-order valence-electron chi connectivity index (χ1n) is 9.12. The molecule has 28 heavy (non-hydrogen) atoms. The molecular formula is C18H29N5O4S. The Bertz CT molecular complexity index is 809. The summed E-state index contributed by atoms with van der Waals surface area (Å²) in [5, 5.41) is 11.5. The number of nitrogens with two attached hydrogens (primary N) is 1. The molecule has 1 saturated heterocycles. The standard InChI is InChI=1S/C18H29N5O4S/c1-5-20-16(21-10-13-6-8-15(9-7-13)28(19,25)26)22-14-11-23(12-14)17(24)27-18(2,3)4/h6-9,14H,5,10-12H2,1-4H3,(H2,19,25,26)(H2,20,21,22). The maximum absolute atomic E-state index is 12.0. The van der Waals surface area contributed by atoms with E-state index in [1.165, 1.54) is 12.1 Å². The van der Waals surface area contributed by atoms with Crippen LogP contribution in [-0.4, -0.2) is 56.6 Å². The summed E-state index contributed by atoms with van der Waals surface area (Å²) >= 11 is 0. The van der Waals surface area contributed by atoms with E-state index < -0.39 is 15.6 Å². The third-order valence-electron chi connectivity index (χ3n) is 3.89. The van der Waals surface area contributed by atoms with Crippen LogP contribution in [0.5, 0.6) is 0 Å². The monoisotopic (exact) mass is 411 g/mol. The molecule has 1 heterocycles. The second-order valence-electron chi connectivity index (χ2n) is 7.61. The number of sulfonamides is 1. The van der Waals surface area contributed by atoms with Crippen molar-refractivity contribution in [1.82, 2.24) is 15.5 Å². The molecule has 0 aliphatic carbocycles. The van der Waals surface area contributed by atoms with Crippen molar-refractivity contribution in [3.63, 3.8) is 0 Å². The van der Waals surface area contributed by atoms with Crippen molar-refractivity contribution in [2.75, 3.05) is 19.6 Å². The van der Waals surface area contributed by atoms with E-state index in [-0.39, 0.29) is 17.0 Å². The van der Waals surface area contributed by atoms with E-state index in [1.54, 1.807) is 17.0 Å². The normalized spacial score (nSPS) is 15.8. The molecule has 0 spiro atoms. The Morgan fingerprint density at radius 1 is 1.29 bits per heavy atom. The van der Waals surface area contributed by atoms with E-state index in [1.807, 2.05) is 27.7 Å². The fraction of sp³-hybridized carbons (Fsp3) is 0.556. The van der Waals surface area contributed by atoms with Gasteiger partial charge in [-0.15, -0.1) is 0 Å². The molecule has 0 unspecified atom stereocenters. The van der Waals surface area contributed by atoms with Crippen LogP contribution < -0.4 is 15.8 Å². The first kappa shape index (κ1) is 22.0. The predicted molar refractivity (Wildman–Crippen MR) is 107 cm³/mol. The molecule has 0 atom stereocenters. The summed E-state index contributed by atoms with van der Waals surface area (Å²) in [6, 6.07) is 6.38. The number of carbonyl (C=O) groups excluding carboxylic acids is 1. The van der Waals surface area contributed by atoms with Gasteiger partial charge in [0.1, 0.15) is 5.60 Å². The highest BCUT2D eigenvalue weighted by Crippen LogP contribution is 2.15. The molecule has 4 N–H and O–H groups in total. The van der Waals surface area contributed by atoms with Gasteiger partial charge in [-0.05, 0) is 45.4 Å². The number of nitrogens with one attached hydrogen (secondary N) is 2. The first-order chi connectivity index (χ1) is 13.0. The molecule has 0 aromatic heterocycles. The Hall–Kier alpha value is -2.33. The van der Waals surface area contributed by atoms with E-state index >= 15 is 0 Å². The van der Waals surface area contributed by atoms with E-state index in [0.29, 0.717) is 32.1 Å². The van der Waals surface area contributed by atoms with Gasteiger partial charge < -0.3 is 20.3 Å². The number of nitrogens with zero attached hydrogens (tertiary/aromatic N) is 2. The quantitative estimate of drug-likeness (QED) is 0.490. The van der Waals surface area contributed by atoms with Gasteiger partial charge in [0.25, 0.3) is 0 Å². The lowest BCUT2D eigenvalue weighted by Gasteiger charge is -2.40. The number of amides is 1. The van der Waals surface area contributed by atoms with Crippen LogP contribution >= 0.6 is 0 Å². The molecule has 1 aromatic rings. The number of primary sulfonamides is 1. The first-order valence-corrected chi connectivity index (χ1v) is 10.7. The minimum absolute atomic E-state index is 0.0713. The molecule has 0 bridgehead atoms. The van der Waals surface area contributed by atoms with Crippen molar-refractivity contribution < 1.29 is 17.9 Å². The van der Waals surface area contributed by atoms with Gasteiger partial charge in [0.05, 0.1) is 17.5 Å². The van der Waals surface area contributed by atoms with Crippen LogP contribution in [0.3, 0.4) is 0 Å². The topological polar surface area (TPSA) is 126 Å². The van der Waals surface area contributed by atoms with Crippen LogP contribution in [0.2, 0.25) is 0 Å². The third-order valence-corrected chi connectivity index (χ3v) is 4.82. The molecule has 0 saturated carbocycles. The molecule has 0 radical (unpaired) electrons. The Labute approximate surface area is 166 Å². The van der Waals surface area contributed by atoms with Gasteiger partial charge in [0.2, 0.25) is 10.0 Å². The SMILES string of the molecule is CCNC(=NCc1ccc(S(N)(=O)=O)cc1)NC1CN(C(=O)OC(C)(C)C)C1. The van der Waals surface area contributed by atoms with Crippen molar-refractivity contribution in [2.45, 2.75) is 50.8 Å². The number of likely N-dealkylation sites (tertiary alicyclic amines) is 1. The number of benzene rings is 1. The number of hydrogen-bond donors (Lipinski definition) is 3. The predicted octanol–water partition coefficient (Wildman–Crippen LogP) is 1.01. The van der Waals surface area contributed by atoms with Crippen LogP contribution in [-0.2, 0) is 21.3 Å². The average Bonchev–Trinajstić information content (AvgIpc) is 2.53. The smallest absolute Gasteiger partial charge is 0.410 e. The second-order valence-corrected chi connectivity index (χ2v) is 9.17. The summed E-state index contributed by atoms with van der Waals surface area (Å²) in [4.78, 5) is 18.2. The molecule has 10 heteroatoms. The third kappa shape index (κ3) is 6.68. The minimum Gasteiger partial charge on any atom is -0.444 e. The lowest BCUT2D eigenvalue weighted by Crippen LogP contribution is -2.63. The highest BCUT2D eigenvalue weighted by molar-refractivity contribution is 7.89.